The van der Waals surface area contributed by atoms with Crippen molar-refractivity contribution < 1.29 is 41.0 Å². The van der Waals surface area contributed by atoms with Crippen molar-refractivity contribution in [1.29, 1.82) is 0 Å². The van der Waals surface area contributed by atoms with E-state index in [1.165, 1.54) is 6.07 Å². The van der Waals surface area contributed by atoms with Gasteiger partial charge in [-0.1, -0.05) is 0 Å². The molecule has 0 spiro atoms. The van der Waals surface area contributed by atoms with Crippen molar-refractivity contribution in [2.75, 3.05) is 23.9 Å². The molecule has 3 rings (SSSR count). The van der Waals surface area contributed by atoms with E-state index in [0.717, 1.165) is 37.3 Å². The van der Waals surface area contributed by atoms with E-state index in [-0.39, 0.29) is 17.1 Å². The van der Waals surface area contributed by atoms with E-state index >= 15 is 0 Å². The molecule has 2 atom stereocenters. The topological polar surface area (TPSA) is 107 Å². The highest BCUT2D eigenvalue weighted by molar-refractivity contribution is 5.98. The zero-order chi connectivity index (χ0) is 23.8. The van der Waals surface area contributed by atoms with Crippen LogP contribution in [0.2, 0.25) is 0 Å². The molecule has 3 N–H and O–H groups in total. The van der Waals surface area contributed by atoms with Crippen molar-refractivity contribution in [2.45, 2.75) is 24.9 Å². The molecular weight excluding hydrogens is 443 g/mol. The highest BCUT2D eigenvalue weighted by Gasteiger charge is 2.61. The SMILES string of the molecule is COc1c(N2C[C@](C)(C(F)(F)F)O[C@H]2C(=O)Nc2ccnc(C(N)=O)c2)ccc(F)c1F. The molecule has 1 aromatic carbocycles. The Hall–Kier alpha value is -3.48. The Morgan fingerprint density at radius 3 is 2.59 bits per heavy atom. The number of nitrogens with one attached hydrogen (secondary N) is 1. The first-order chi connectivity index (χ1) is 14.9. The molecule has 1 saturated heterocycles. The number of primary amides is 1. The molecule has 0 unspecified atom stereocenters. The van der Waals surface area contributed by atoms with Crippen molar-refractivity contribution in [2.24, 2.45) is 5.73 Å². The number of halogens is 5. The molecule has 2 aromatic rings. The molecule has 32 heavy (non-hydrogen) atoms. The zero-order valence-electron chi connectivity index (χ0n) is 16.7. The summed E-state index contributed by atoms with van der Waals surface area (Å²) in [6.07, 6.45) is -5.66. The number of hydrogen-bond acceptors (Lipinski definition) is 6. The average Bonchev–Trinajstić information content (AvgIpc) is 3.09. The van der Waals surface area contributed by atoms with Gasteiger partial charge in [-0.05, 0) is 31.2 Å². The summed E-state index contributed by atoms with van der Waals surface area (Å²) in [7, 11) is 0.999. The van der Waals surface area contributed by atoms with Gasteiger partial charge in [-0.15, -0.1) is 0 Å². The van der Waals surface area contributed by atoms with Gasteiger partial charge in [-0.2, -0.15) is 17.6 Å². The number of nitrogens with two attached hydrogens (primary N) is 1. The molecule has 1 fully saturated rings. The minimum absolute atomic E-state index is 0.000198. The Labute approximate surface area is 178 Å². The molecular formula is C19H17F5N4O4. The summed E-state index contributed by atoms with van der Waals surface area (Å²) in [5.41, 5.74) is 1.78. The zero-order valence-corrected chi connectivity index (χ0v) is 16.7. The van der Waals surface area contributed by atoms with Crippen LogP contribution in [-0.2, 0) is 9.53 Å². The minimum Gasteiger partial charge on any atom is -0.491 e. The number of anilines is 2. The summed E-state index contributed by atoms with van der Waals surface area (Å²) in [4.78, 5) is 28.6. The highest BCUT2D eigenvalue weighted by Crippen LogP contribution is 2.44. The molecule has 1 aromatic heterocycles. The van der Waals surface area contributed by atoms with Crippen LogP contribution in [0.25, 0.3) is 0 Å². The molecule has 172 valence electrons. The molecule has 0 bridgehead atoms. The molecule has 1 aliphatic rings. The largest absolute Gasteiger partial charge is 0.491 e. The van der Waals surface area contributed by atoms with E-state index in [1.807, 2.05) is 0 Å². The fraction of sp³-hybridized carbons (Fsp3) is 0.316. The summed E-state index contributed by atoms with van der Waals surface area (Å²) < 4.78 is 78.7. The second kappa shape index (κ2) is 8.22. The van der Waals surface area contributed by atoms with Gasteiger partial charge in [0.1, 0.15) is 5.69 Å². The third-order valence-corrected chi connectivity index (χ3v) is 4.77. The Morgan fingerprint density at radius 1 is 1.31 bits per heavy atom. The quantitative estimate of drug-likeness (QED) is 0.665. The van der Waals surface area contributed by atoms with Gasteiger partial charge < -0.3 is 25.4 Å². The molecule has 1 aliphatic heterocycles. The number of nitrogens with zero attached hydrogens (tertiary/aromatic N) is 2. The number of carbonyl (C=O) groups is 2. The van der Waals surface area contributed by atoms with Gasteiger partial charge in [0.25, 0.3) is 11.8 Å². The van der Waals surface area contributed by atoms with Gasteiger partial charge in [0.2, 0.25) is 12.0 Å². The van der Waals surface area contributed by atoms with Gasteiger partial charge in [0.05, 0.1) is 19.3 Å². The van der Waals surface area contributed by atoms with E-state index < -0.39 is 53.7 Å². The van der Waals surface area contributed by atoms with Crippen LogP contribution in [0, 0.1) is 11.6 Å². The van der Waals surface area contributed by atoms with Gasteiger partial charge in [0.15, 0.2) is 17.2 Å². The van der Waals surface area contributed by atoms with Crippen LogP contribution in [0.3, 0.4) is 0 Å². The lowest BCUT2D eigenvalue weighted by Crippen LogP contribution is -2.46. The summed E-state index contributed by atoms with van der Waals surface area (Å²) in [6.45, 7) is -0.198. The van der Waals surface area contributed by atoms with Gasteiger partial charge in [-0.3, -0.25) is 14.6 Å². The Bertz CT molecular complexity index is 1060. The van der Waals surface area contributed by atoms with Crippen LogP contribution in [-0.4, -0.2) is 48.5 Å². The standard InChI is InChI=1S/C19H17F5N4O4/c1-18(19(22,23)24)8-28(12-4-3-10(20)13(21)14(12)31-2)17(32-18)16(30)27-9-5-6-26-11(7-9)15(25)29/h3-7,17H,8H2,1-2H3,(H2,25,29)(H,26,27,30)/t17-,18+/m0/s1. The van der Waals surface area contributed by atoms with E-state index in [2.05, 4.69) is 10.3 Å². The molecule has 0 radical (unpaired) electrons. The van der Waals surface area contributed by atoms with Crippen molar-refractivity contribution in [3.63, 3.8) is 0 Å². The van der Waals surface area contributed by atoms with Crippen LogP contribution < -0.4 is 20.7 Å². The lowest BCUT2D eigenvalue weighted by atomic mass is 10.1. The van der Waals surface area contributed by atoms with Gasteiger partial charge in [0, 0.05) is 11.9 Å². The number of ether oxygens (including phenoxy) is 2. The highest BCUT2D eigenvalue weighted by atomic mass is 19.4. The second-order valence-corrected chi connectivity index (χ2v) is 7.02. The van der Waals surface area contributed by atoms with E-state index in [1.54, 1.807) is 0 Å². The number of rotatable bonds is 5. The number of alkyl halides is 3. The Balaban J connectivity index is 2.01. The maximum absolute atomic E-state index is 14.2. The maximum atomic E-state index is 14.2. The number of pyridine rings is 1. The predicted octanol–water partition coefficient (Wildman–Crippen LogP) is 2.59. The van der Waals surface area contributed by atoms with Gasteiger partial charge in [-0.25, -0.2) is 4.39 Å². The predicted molar refractivity (Wildman–Crippen MR) is 101 cm³/mol. The number of carbonyl (C=O) groups excluding carboxylic acids is 2. The van der Waals surface area contributed by atoms with E-state index in [4.69, 9.17) is 15.2 Å². The van der Waals surface area contributed by atoms with Crippen molar-refractivity contribution in [3.05, 3.63) is 47.8 Å². The van der Waals surface area contributed by atoms with Gasteiger partial charge >= 0.3 is 6.18 Å². The monoisotopic (exact) mass is 460 g/mol. The first-order valence-corrected chi connectivity index (χ1v) is 8.98. The second-order valence-electron chi connectivity index (χ2n) is 7.02. The normalized spacial score (nSPS) is 20.8. The fourth-order valence-electron chi connectivity index (χ4n) is 3.11. The molecule has 13 heteroatoms. The Morgan fingerprint density at radius 2 is 2.00 bits per heavy atom. The van der Waals surface area contributed by atoms with E-state index in [9.17, 15) is 31.5 Å². The smallest absolute Gasteiger partial charge is 0.419 e. The molecule has 8 nitrogen and oxygen atoms in total. The lowest BCUT2D eigenvalue weighted by Gasteiger charge is -2.26. The minimum atomic E-state index is -4.90. The van der Waals surface area contributed by atoms with Crippen LogP contribution in [0.1, 0.15) is 17.4 Å². The van der Waals surface area contributed by atoms with Crippen LogP contribution in [0.5, 0.6) is 5.75 Å². The lowest BCUT2D eigenvalue weighted by molar-refractivity contribution is -0.257. The summed E-state index contributed by atoms with van der Waals surface area (Å²) in [5.74, 6) is -5.40. The van der Waals surface area contributed by atoms with E-state index in [0.29, 0.717) is 6.07 Å². The number of aromatic nitrogens is 1. The first kappa shape index (κ1) is 23.2. The number of amides is 2. The number of benzene rings is 1. The Kier molecular flexibility index (Phi) is 5.96. The third kappa shape index (κ3) is 4.15. The summed E-state index contributed by atoms with van der Waals surface area (Å²) >= 11 is 0. The third-order valence-electron chi connectivity index (χ3n) is 4.77. The van der Waals surface area contributed by atoms with Crippen molar-refractivity contribution >= 4 is 23.2 Å². The van der Waals surface area contributed by atoms with Crippen LogP contribution in [0.15, 0.2) is 30.5 Å². The van der Waals surface area contributed by atoms with Crippen LogP contribution in [0.4, 0.5) is 33.3 Å². The summed E-state index contributed by atoms with van der Waals surface area (Å²) in [5, 5.41) is 2.30. The first-order valence-electron chi connectivity index (χ1n) is 8.98. The average molecular weight is 460 g/mol. The molecule has 0 saturated carbocycles. The van der Waals surface area contributed by atoms with Crippen molar-refractivity contribution in [1.82, 2.24) is 4.98 Å². The number of methoxy groups -OCH3 is 1. The van der Waals surface area contributed by atoms with Crippen LogP contribution >= 0.6 is 0 Å². The molecule has 0 aliphatic carbocycles. The fourth-order valence-corrected chi connectivity index (χ4v) is 3.11. The van der Waals surface area contributed by atoms with Crippen molar-refractivity contribution in [3.8, 4) is 5.75 Å². The summed E-state index contributed by atoms with van der Waals surface area (Å²) in [6, 6.07) is 4.04. The maximum Gasteiger partial charge on any atom is 0.419 e. The molecule has 2 heterocycles. The number of hydrogen-bond donors (Lipinski definition) is 2. The molecule has 2 amide bonds.